The Morgan fingerprint density at radius 1 is 1.06 bits per heavy atom. The Balaban J connectivity index is 0. The highest BCUT2D eigenvalue weighted by Crippen LogP contribution is 2.21. The first-order chi connectivity index (χ1) is 8.19. The molecule has 2 aromatic rings. The standard InChI is InChI=1S/C10H9NO.C3H8.C2H6.CH4/c1-7-5-6-8-3-2-4-9(12)10(8)11-7;1-3-2;1-2;/h2-6,12H,1H3;3H2,1-2H3;1-2H3;1H4. The summed E-state index contributed by atoms with van der Waals surface area (Å²) in [5.74, 6) is 0.246. The molecule has 0 saturated heterocycles. The molecule has 1 heterocycles. The second kappa shape index (κ2) is 10.6. The molecule has 0 unspecified atom stereocenters. The van der Waals surface area contributed by atoms with Gasteiger partial charge in [-0.25, -0.2) is 4.98 Å². The molecule has 0 aliphatic carbocycles. The van der Waals surface area contributed by atoms with Gasteiger partial charge in [-0.1, -0.05) is 59.7 Å². The van der Waals surface area contributed by atoms with Gasteiger partial charge in [0.05, 0.1) is 0 Å². The van der Waals surface area contributed by atoms with Crippen LogP contribution in [-0.2, 0) is 0 Å². The van der Waals surface area contributed by atoms with Crippen LogP contribution in [-0.4, -0.2) is 10.1 Å². The average molecular weight is 249 g/mol. The van der Waals surface area contributed by atoms with Crippen LogP contribution >= 0.6 is 0 Å². The van der Waals surface area contributed by atoms with Crippen LogP contribution in [0, 0.1) is 6.92 Å². The molecular formula is C16H27NO. The number of para-hydroxylation sites is 1. The highest BCUT2D eigenvalue weighted by molar-refractivity contribution is 5.84. The minimum Gasteiger partial charge on any atom is -0.506 e. The highest BCUT2D eigenvalue weighted by Gasteiger charge is 1.98. The van der Waals surface area contributed by atoms with Gasteiger partial charge in [0.25, 0.3) is 0 Å². The summed E-state index contributed by atoms with van der Waals surface area (Å²) in [6.45, 7) is 10.2. The molecule has 2 rings (SSSR count). The molecule has 0 spiro atoms. The smallest absolute Gasteiger partial charge is 0.141 e. The van der Waals surface area contributed by atoms with Crippen molar-refractivity contribution in [3.05, 3.63) is 36.0 Å². The fraction of sp³-hybridized carbons (Fsp3) is 0.438. The summed E-state index contributed by atoms with van der Waals surface area (Å²) in [6.07, 6.45) is 1.25. The predicted molar refractivity (Wildman–Crippen MR) is 82.2 cm³/mol. The number of pyridine rings is 1. The normalized spacial score (nSPS) is 8.28. The van der Waals surface area contributed by atoms with E-state index in [9.17, 15) is 5.11 Å². The molecule has 1 aromatic carbocycles. The minimum absolute atomic E-state index is 0. The number of phenols is 1. The van der Waals surface area contributed by atoms with Crippen LogP contribution in [0.3, 0.4) is 0 Å². The number of nitrogens with zero attached hydrogens (tertiary/aromatic N) is 1. The number of phenolic OH excluding ortho intramolecular Hbond substituents is 1. The van der Waals surface area contributed by atoms with Gasteiger partial charge in [0, 0.05) is 11.1 Å². The number of aromatic hydroxyl groups is 1. The number of aryl methyl sites for hydroxylation is 1. The second-order valence-electron chi connectivity index (χ2n) is 3.51. The van der Waals surface area contributed by atoms with Crippen molar-refractivity contribution in [1.82, 2.24) is 4.98 Å². The Labute approximate surface area is 112 Å². The van der Waals surface area contributed by atoms with E-state index in [1.165, 1.54) is 6.42 Å². The molecular weight excluding hydrogens is 222 g/mol. The first-order valence-electron chi connectivity index (χ1n) is 6.24. The van der Waals surface area contributed by atoms with Crippen molar-refractivity contribution in [1.29, 1.82) is 0 Å². The van der Waals surface area contributed by atoms with E-state index < -0.39 is 0 Å². The fourth-order valence-electron chi connectivity index (χ4n) is 1.23. The van der Waals surface area contributed by atoms with Gasteiger partial charge in [-0.05, 0) is 19.1 Å². The van der Waals surface area contributed by atoms with Gasteiger partial charge in [0.2, 0.25) is 0 Å². The van der Waals surface area contributed by atoms with Crippen molar-refractivity contribution in [3.8, 4) is 5.75 Å². The monoisotopic (exact) mass is 249 g/mol. The molecule has 0 radical (unpaired) electrons. The first-order valence-corrected chi connectivity index (χ1v) is 6.24. The third-order valence-corrected chi connectivity index (χ3v) is 1.84. The maximum Gasteiger partial charge on any atom is 0.141 e. The van der Waals surface area contributed by atoms with Crippen LogP contribution in [0.2, 0.25) is 0 Å². The van der Waals surface area contributed by atoms with Crippen LogP contribution in [0.1, 0.15) is 47.2 Å². The molecule has 102 valence electrons. The number of hydrogen-bond donors (Lipinski definition) is 1. The van der Waals surface area contributed by atoms with Gasteiger partial charge in [-0.2, -0.15) is 0 Å². The Bertz CT molecular complexity index is 438. The van der Waals surface area contributed by atoms with Gasteiger partial charge in [-0.15, -0.1) is 0 Å². The van der Waals surface area contributed by atoms with Crippen LogP contribution in [0.25, 0.3) is 10.9 Å². The van der Waals surface area contributed by atoms with Crippen LogP contribution < -0.4 is 0 Å². The van der Waals surface area contributed by atoms with Gasteiger partial charge >= 0.3 is 0 Å². The van der Waals surface area contributed by atoms with E-state index >= 15 is 0 Å². The summed E-state index contributed by atoms with van der Waals surface area (Å²) in [5.41, 5.74) is 1.60. The number of aromatic nitrogens is 1. The molecule has 2 nitrogen and oxygen atoms in total. The number of fused-ring (bicyclic) bond motifs is 1. The summed E-state index contributed by atoms with van der Waals surface area (Å²) in [6, 6.07) is 9.28. The lowest BCUT2D eigenvalue weighted by Gasteiger charge is -1.99. The number of benzene rings is 1. The van der Waals surface area contributed by atoms with E-state index in [2.05, 4.69) is 18.8 Å². The first kappa shape index (κ1) is 18.8. The lowest BCUT2D eigenvalue weighted by atomic mass is 10.2. The molecule has 1 N–H and O–H groups in total. The Morgan fingerprint density at radius 3 is 2.17 bits per heavy atom. The lowest BCUT2D eigenvalue weighted by Crippen LogP contribution is -1.82. The van der Waals surface area contributed by atoms with Crippen LogP contribution in [0.15, 0.2) is 30.3 Å². The predicted octanol–water partition coefficient (Wildman–Crippen LogP) is 5.33. The molecule has 0 fully saturated rings. The maximum atomic E-state index is 9.43. The largest absolute Gasteiger partial charge is 0.506 e. The Hall–Kier alpha value is -1.57. The van der Waals surface area contributed by atoms with E-state index in [0.717, 1.165) is 11.1 Å². The zero-order valence-electron chi connectivity index (χ0n) is 11.5. The van der Waals surface area contributed by atoms with Gasteiger partial charge in [0.1, 0.15) is 11.3 Å². The zero-order chi connectivity index (χ0) is 13.3. The molecule has 2 heteroatoms. The molecule has 1 aromatic heterocycles. The van der Waals surface area contributed by atoms with Gasteiger partial charge in [-0.3, -0.25) is 0 Å². The summed E-state index contributed by atoms with van der Waals surface area (Å²) in [5, 5.41) is 10.4. The van der Waals surface area contributed by atoms with Crippen molar-refractivity contribution < 1.29 is 5.11 Å². The van der Waals surface area contributed by atoms with Crippen molar-refractivity contribution in [2.24, 2.45) is 0 Å². The number of rotatable bonds is 0. The summed E-state index contributed by atoms with van der Waals surface area (Å²) < 4.78 is 0. The molecule has 0 bridgehead atoms. The van der Waals surface area contributed by atoms with Gasteiger partial charge < -0.3 is 5.11 Å². The average Bonchev–Trinajstić information content (AvgIpc) is 2.34. The molecule has 0 amide bonds. The number of hydrogen-bond acceptors (Lipinski definition) is 2. The SMILES string of the molecule is C.CC.CCC.Cc1ccc2cccc(O)c2n1. The van der Waals surface area contributed by atoms with Crippen molar-refractivity contribution in [3.63, 3.8) is 0 Å². The van der Waals surface area contributed by atoms with E-state index in [0.29, 0.717) is 5.52 Å². The molecule has 0 atom stereocenters. The second-order valence-corrected chi connectivity index (χ2v) is 3.51. The van der Waals surface area contributed by atoms with E-state index in [1.807, 2.05) is 45.0 Å². The fourth-order valence-corrected chi connectivity index (χ4v) is 1.23. The topological polar surface area (TPSA) is 33.1 Å². The van der Waals surface area contributed by atoms with Crippen LogP contribution in [0.5, 0.6) is 5.75 Å². The maximum absolute atomic E-state index is 9.43. The Kier molecular flexibility index (Phi) is 11.0. The third-order valence-electron chi connectivity index (χ3n) is 1.84. The quantitative estimate of drug-likeness (QED) is 0.684. The molecule has 0 aliphatic rings. The molecule has 0 saturated carbocycles. The van der Waals surface area contributed by atoms with E-state index in [-0.39, 0.29) is 13.2 Å². The molecule has 18 heavy (non-hydrogen) atoms. The Morgan fingerprint density at radius 2 is 1.61 bits per heavy atom. The minimum atomic E-state index is 0. The summed E-state index contributed by atoms with van der Waals surface area (Å²) in [7, 11) is 0. The summed E-state index contributed by atoms with van der Waals surface area (Å²) in [4.78, 5) is 4.23. The van der Waals surface area contributed by atoms with Crippen molar-refractivity contribution >= 4 is 10.9 Å². The molecule has 0 aliphatic heterocycles. The zero-order valence-corrected chi connectivity index (χ0v) is 11.5. The highest BCUT2D eigenvalue weighted by atomic mass is 16.3. The van der Waals surface area contributed by atoms with Crippen molar-refractivity contribution in [2.75, 3.05) is 0 Å². The van der Waals surface area contributed by atoms with Crippen molar-refractivity contribution in [2.45, 2.75) is 48.5 Å². The third kappa shape index (κ3) is 5.67. The van der Waals surface area contributed by atoms with Crippen LogP contribution in [0.4, 0.5) is 0 Å². The van der Waals surface area contributed by atoms with Gasteiger partial charge in [0.15, 0.2) is 0 Å². The van der Waals surface area contributed by atoms with E-state index in [1.54, 1.807) is 6.07 Å². The van der Waals surface area contributed by atoms with E-state index in [4.69, 9.17) is 0 Å². The lowest BCUT2D eigenvalue weighted by molar-refractivity contribution is 0.480. The summed E-state index contributed by atoms with van der Waals surface area (Å²) >= 11 is 0.